The number of hydrogen-bond donors (Lipinski definition) is 1. The van der Waals surface area contributed by atoms with Crippen molar-refractivity contribution in [1.29, 1.82) is 0 Å². The van der Waals surface area contributed by atoms with Gasteiger partial charge >= 0.3 is 0 Å². The van der Waals surface area contributed by atoms with Gasteiger partial charge in [-0.3, -0.25) is 4.79 Å². The van der Waals surface area contributed by atoms with Gasteiger partial charge in [-0.25, -0.2) is 9.67 Å². The molecule has 0 atom stereocenters. The largest absolute Gasteiger partial charge is 0.310 e. The highest BCUT2D eigenvalue weighted by Gasteiger charge is 2.13. The molecule has 0 aliphatic heterocycles. The van der Waals surface area contributed by atoms with Crippen LogP contribution in [-0.2, 0) is 17.8 Å². The van der Waals surface area contributed by atoms with Crippen LogP contribution in [0.3, 0.4) is 0 Å². The second kappa shape index (κ2) is 7.68. The maximum absolute atomic E-state index is 12.3. The first-order valence-corrected chi connectivity index (χ1v) is 8.44. The number of benzene rings is 1. The number of hydrogen-bond acceptors (Lipinski definition) is 3. The van der Waals surface area contributed by atoms with Crippen molar-refractivity contribution in [3.05, 3.63) is 75.7 Å². The van der Waals surface area contributed by atoms with Gasteiger partial charge in [0.05, 0.1) is 19.2 Å². The van der Waals surface area contributed by atoms with E-state index in [0.717, 1.165) is 16.7 Å². The summed E-state index contributed by atoms with van der Waals surface area (Å²) in [4.78, 5) is 16.3. The average Bonchev–Trinajstić information content (AvgIpc) is 2.92. The molecule has 0 radical (unpaired) electrons. The van der Waals surface area contributed by atoms with Crippen molar-refractivity contribution in [2.75, 3.05) is 5.32 Å². The van der Waals surface area contributed by atoms with Crippen LogP contribution in [0.15, 0.2) is 48.8 Å². The van der Waals surface area contributed by atoms with Crippen molar-refractivity contribution in [1.82, 2.24) is 14.8 Å². The Labute approximate surface area is 155 Å². The molecule has 0 bridgehead atoms. The minimum Gasteiger partial charge on any atom is -0.310 e. The first kappa shape index (κ1) is 17.5. The summed E-state index contributed by atoms with van der Waals surface area (Å²) in [7, 11) is 0. The predicted molar refractivity (Wildman–Crippen MR) is 99.1 cm³/mol. The zero-order valence-electron chi connectivity index (χ0n) is 13.5. The zero-order chi connectivity index (χ0) is 17.8. The fourth-order valence-electron chi connectivity index (χ4n) is 2.42. The molecule has 0 saturated heterocycles. The summed E-state index contributed by atoms with van der Waals surface area (Å²) in [6, 6.07) is 11.0. The van der Waals surface area contributed by atoms with Crippen LogP contribution in [-0.4, -0.2) is 20.7 Å². The Kier molecular flexibility index (Phi) is 5.36. The van der Waals surface area contributed by atoms with Crippen LogP contribution < -0.4 is 5.32 Å². The quantitative estimate of drug-likeness (QED) is 0.683. The summed E-state index contributed by atoms with van der Waals surface area (Å²) < 4.78 is 1.73. The van der Waals surface area contributed by atoms with Crippen LogP contribution in [0.1, 0.15) is 16.7 Å². The van der Waals surface area contributed by atoms with Gasteiger partial charge in [-0.1, -0.05) is 47.5 Å². The van der Waals surface area contributed by atoms with E-state index in [1.54, 1.807) is 29.2 Å². The van der Waals surface area contributed by atoms with Crippen LogP contribution in [0, 0.1) is 6.92 Å². The molecule has 3 aromatic rings. The van der Waals surface area contributed by atoms with E-state index in [1.165, 1.54) is 0 Å². The lowest BCUT2D eigenvalue weighted by molar-refractivity contribution is -0.115. The van der Waals surface area contributed by atoms with Gasteiger partial charge in [-0.05, 0) is 30.2 Å². The monoisotopic (exact) mass is 374 g/mol. The van der Waals surface area contributed by atoms with Crippen LogP contribution in [0.2, 0.25) is 10.2 Å². The summed E-state index contributed by atoms with van der Waals surface area (Å²) in [5, 5.41) is 8.32. The van der Waals surface area contributed by atoms with Gasteiger partial charge in [-0.2, -0.15) is 5.10 Å². The molecule has 1 amide bonds. The Balaban J connectivity index is 1.74. The molecule has 25 heavy (non-hydrogen) atoms. The van der Waals surface area contributed by atoms with Gasteiger partial charge in [0, 0.05) is 16.8 Å². The van der Waals surface area contributed by atoms with Gasteiger partial charge in [-0.15, -0.1) is 0 Å². The topological polar surface area (TPSA) is 59.8 Å². The van der Waals surface area contributed by atoms with E-state index < -0.39 is 0 Å². The Morgan fingerprint density at radius 1 is 1.16 bits per heavy atom. The van der Waals surface area contributed by atoms with Gasteiger partial charge in [0.15, 0.2) is 0 Å². The number of carbonyl (C=O) groups is 1. The highest BCUT2D eigenvalue weighted by molar-refractivity contribution is 6.31. The van der Waals surface area contributed by atoms with Gasteiger partial charge in [0.25, 0.3) is 0 Å². The molecule has 1 aromatic carbocycles. The maximum Gasteiger partial charge on any atom is 0.230 e. The Morgan fingerprint density at radius 2 is 1.96 bits per heavy atom. The standard InChI is InChI=1S/C18H16Cl2N4O/c1-12-9-22-24(11-14-4-2-3-5-15(14)19)18(12)23-17(25)8-13-6-7-16(20)21-10-13/h2-7,9-10H,8,11H2,1H3,(H,23,25). The average molecular weight is 375 g/mol. The molecule has 5 nitrogen and oxygen atoms in total. The molecule has 3 rings (SSSR count). The fourth-order valence-corrected chi connectivity index (χ4v) is 2.73. The molecule has 0 saturated carbocycles. The molecule has 7 heteroatoms. The van der Waals surface area contributed by atoms with E-state index >= 15 is 0 Å². The third-order valence-electron chi connectivity index (χ3n) is 3.71. The molecule has 2 heterocycles. The number of nitrogens with one attached hydrogen (secondary N) is 1. The summed E-state index contributed by atoms with van der Waals surface area (Å²) in [5.74, 6) is 0.514. The number of carbonyl (C=O) groups excluding carboxylic acids is 1. The number of nitrogens with zero attached hydrogens (tertiary/aromatic N) is 3. The number of pyridine rings is 1. The Morgan fingerprint density at radius 3 is 2.68 bits per heavy atom. The lowest BCUT2D eigenvalue weighted by Crippen LogP contribution is -2.18. The lowest BCUT2D eigenvalue weighted by atomic mass is 10.2. The van der Waals surface area contributed by atoms with E-state index in [4.69, 9.17) is 23.2 Å². The summed E-state index contributed by atoms with van der Waals surface area (Å²) in [5.41, 5.74) is 2.61. The van der Waals surface area contributed by atoms with Crippen molar-refractivity contribution in [2.45, 2.75) is 19.9 Å². The molecular weight excluding hydrogens is 359 g/mol. The number of aryl methyl sites for hydroxylation is 1. The van der Waals surface area contributed by atoms with Crippen molar-refractivity contribution >= 4 is 34.9 Å². The van der Waals surface area contributed by atoms with Crippen molar-refractivity contribution in [2.24, 2.45) is 0 Å². The van der Waals surface area contributed by atoms with Crippen LogP contribution >= 0.6 is 23.2 Å². The van der Waals surface area contributed by atoms with Crippen molar-refractivity contribution in [3.63, 3.8) is 0 Å². The fraction of sp³-hybridized carbons (Fsp3) is 0.167. The minimum absolute atomic E-state index is 0.145. The van der Waals surface area contributed by atoms with Gasteiger partial charge in [0.1, 0.15) is 11.0 Å². The smallest absolute Gasteiger partial charge is 0.230 e. The highest BCUT2D eigenvalue weighted by Crippen LogP contribution is 2.20. The molecule has 2 aromatic heterocycles. The third-order valence-corrected chi connectivity index (χ3v) is 4.30. The van der Waals surface area contributed by atoms with E-state index in [2.05, 4.69) is 15.4 Å². The SMILES string of the molecule is Cc1cnn(Cc2ccccc2Cl)c1NC(=O)Cc1ccc(Cl)nc1. The molecule has 0 aliphatic rings. The first-order chi connectivity index (χ1) is 12.0. The highest BCUT2D eigenvalue weighted by atomic mass is 35.5. The van der Waals surface area contributed by atoms with Crippen LogP contribution in [0.5, 0.6) is 0 Å². The van der Waals surface area contributed by atoms with Gasteiger partial charge < -0.3 is 5.32 Å². The van der Waals surface area contributed by atoms with Gasteiger partial charge in [0.2, 0.25) is 5.91 Å². The first-order valence-electron chi connectivity index (χ1n) is 7.69. The van der Waals surface area contributed by atoms with E-state index in [-0.39, 0.29) is 12.3 Å². The number of aromatic nitrogens is 3. The van der Waals surface area contributed by atoms with Crippen molar-refractivity contribution in [3.8, 4) is 0 Å². The summed E-state index contributed by atoms with van der Waals surface area (Å²) >= 11 is 12.0. The van der Waals surface area contributed by atoms with Crippen LogP contribution in [0.4, 0.5) is 5.82 Å². The third kappa shape index (κ3) is 4.38. The second-order valence-electron chi connectivity index (χ2n) is 5.64. The molecule has 0 aliphatic carbocycles. The number of rotatable bonds is 5. The van der Waals surface area contributed by atoms with E-state index in [0.29, 0.717) is 22.5 Å². The van der Waals surface area contributed by atoms with E-state index in [9.17, 15) is 4.79 Å². The number of halogens is 2. The molecular formula is C18H16Cl2N4O. The molecule has 1 N–H and O–H groups in total. The molecule has 0 spiro atoms. The molecule has 128 valence electrons. The summed E-state index contributed by atoms with van der Waals surface area (Å²) in [6.07, 6.45) is 3.52. The minimum atomic E-state index is -0.145. The normalized spacial score (nSPS) is 10.7. The van der Waals surface area contributed by atoms with Crippen molar-refractivity contribution < 1.29 is 4.79 Å². The maximum atomic E-state index is 12.3. The Hall–Kier alpha value is -2.37. The van der Waals surface area contributed by atoms with E-state index in [1.807, 2.05) is 31.2 Å². The summed E-state index contributed by atoms with van der Waals surface area (Å²) in [6.45, 7) is 2.38. The van der Waals surface area contributed by atoms with Crippen LogP contribution in [0.25, 0.3) is 0 Å². The molecule has 0 fully saturated rings. The Bertz CT molecular complexity index is 890. The lowest BCUT2D eigenvalue weighted by Gasteiger charge is -2.11. The molecule has 0 unspecified atom stereocenters. The number of amides is 1. The zero-order valence-corrected chi connectivity index (χ0v) is 15.1. The number of anilines is 1. The second-order valence-corrected chi connectivity index (χ2v) is 6.43. The predicted octanol–water partition coefficient (Wildman–Crippen LogP) is 4.12.